The van der Waals surface area contributed by atoms with Crippen LogP contribution in [-0.4, -0.2) is 56.7 Å². The molecule has 0 saturated carbocycles. The molecule has 1 aliphatic rings. The Labute approximate surface area is 146 Å². The van der Waals surface area contributed by atoms with Gasteiger partial charge in [-0.15, -0.1) is 0 Å². The van der Waals surface area contributed by atoms with E-state index in [-0.39, 0.29) is 0 Å². The summed E-state index contributed by atoms with van der Waals surface area (Å²) in [6, 6.07) is 9.32. The van der Waals surface area contributed by atoms with Gasteiger partial charge in [0.05, 0.1) is 7.11 Å². The van der Waals surface area contributed by atoms with Gasteiger partial charge in [0, 0.05) is 38.8 Å². The molecular formula is C19H32N4O. The van der Waals surface area contributed by atoms with Crippen molar-refractivity contribution in [1.82, 2.24) is 15.5 Å². The van der Waals surface area contributed by atoms with Crippen LogP contribution in [0.2, 0.25) is 0 Å². The van der Waals surface area contributed by atoms with Gasteiger partial charge in [0.1, 0.15) is 5.75 Å². The minimum atomic E-state index is 0.512. The monoisotopic (exact) mass is 332 g/mol. The highest BCUT2D eigenvalue weighted by atomic mass is 16.5. The predicted octanol–water partition coefficient (Wildman–Crippen LogP) is 2.28. The maximum absolute atomic E-state index is 5.40. The number of piperidine rings is 1. The van der Waals surface area contributed by atoms with Crippen molar-refractivity contribution in [1.29, 1.82) is 0 Å². The third kappa shape index (κ3) is 5.41. The summed E-state index contributed by atoms with van der Waals surface area (Å²) in [5.74, 6) is 1.84. The number of hydrogen-bond acceptors (Lipinski definition) is 3. The molecule has 1 heterocycles. The Balaban J connectivity index is 1.75. The molecule has 24 heavy (non-hydrogen) atoms. The zero-order chi connectivity index (χ0) is 17.4. The van der Waals surface area contributed by atoms with E-state index in [9.17, 15) is 0 Å². The Kier molecular flexibility index (Phi) is 7.37. The number of para-hydroxylation sites is 1. The molecule has 1 aromatic carbocycles. The summed E-state index contributed by atoms with van der Waals surface area (Å²) >= 11 is 0. The number of ether oxygens (including phenoxy) is 1. The molecule has 1 aromatic rings. The van der Waals surface area contributed by atoms with Crippen LogP contribution in [0.15, 0.2) is 29.3 Å². The summed E-state index contributed by atoms with van der Waals surface area (Å²) < 4.78 is 5.40. The van der Waals surface area contributed by atoms with Gasteiger partial charge < -0.3 is 20.3 Å². The number of rotatable bonds is 6. The first-order valence-electron chi connectivity index (χ1n) is 8.97. The van der Waals surface area contributed by atoms with Crippen LogP contribution < -0.4 is 15.4 Å². The van der Waals surface area contributed by atoms with Gasteiger partial charge in [-0.25, -0.2) is 0 Å². The molecule has 1 aliphatic heterocycles. The fraction of sp³-hybridized carbons (Fsp3) is 0.632. The van der Waals surface area contributed by atoms with Crippen LogP contribution in [0.1, 0.15) is 32.3 Å². The van der Waals surface area contributed by atoms with Crippen LogP contribution in [0.25, 0.3) is 0 Å². The molecule has 0 unspecified atom stereocenters. The molecule has 0 aromatic heterocycles. The standard InChI is InChI=1S/C19H32N4O/c1-15(2)23-13-10-17(11-14-23)22-19(20-3)21-12-9-16-7-5-6-8-18(16)24-4/h5-8,15,17H,9-14H2,1-4H3,(H2,20,21,22). The topological polar surface area (TPSA) is 48.9 Å². The van der Waals surface area contributed by atoms with Crippen molar-refractivity contribution >= 4 is 5.96 Å². The normalized spacial score (nSPS) is 17.1. The van der Waals surface area contributed by atoms with Gasteiger partial charge in [-0.1, -0.05) is 18.2 Å². The average molecular weight is 332 g/mol. The van der Waals surface area contributed by atoms with Gasteiger partial charge in [-0.05, 0) is 44.7 Å². The van der Waals surface area contributed by atoms with Gasteiger partial charge in [-0.3, -0.25) is 4.99 Å². The highest BCUT2D eigenvalue weighted by Gasteiger charge is 2.21. The predicted molar refractivity (Wildman–Crippen MR) is 101 cm³/mol. The minimum Gasteiger partial charge on any atom is -0.496 e. The first kappa shape index (κ1) is 18.6. The highest BCUT2D eigenvalue weighted by molar-refractivity contribution is 5.79. The van der Waals surface area contributed by atoms with Crippen molar-refractivity contribution in [3.8, 4) is 5.75 Å². The van der Waals surface area contributed by atoms with E-state index in [4.69, 9.17) is 4.74 Å². The van der Waals surface area contributed by atoms with E-state index >= 15 is 0 Å². The molecule has 1 saturated heterocycles. The lowest BCUT2D eigenvalue weighted by Crippen LogP contribution is -2.50. The van der Waals surface area contributed by atoms with Crippen LogP contribution in [0.5, 0.6) is 5.75 Å². The van der Waals surface area contributed by atoms with E-state index in [1.54, 1.807) is 7.11 Å². The summed E-state index contributed by atoms with van der Waals surface area (Å²) in [5.41, 5.74) is 1.22. The van der Waals surface area contributed by atoms with E-state index in [0.717, 1.165) is 37.8 Å². The number of guanidine groups is 1. The Morgan fingerprint density at radius 3 is 2.62 bits per heavy atom. The molecule has 2 rings (SSSR count). The number of benzene rings is 1. The second-order valence-corrected chi connectivity index (χ2v) is 6.61. The minimum absolute atomic E-state index is 0.512. The van der Waals surface area contributed by atoms with E-state index < -0.39 is 0 Å². The lowest BCUT2D eigenvalue weighted by molar-refractivity contribution is 0.167. The molecule has 0 aliphatic carbocycles. The van der Waals surface area contributed by atoms with Crippen molar-refractivity contribution in [3.63, 3.8) is 0 Å². The first-order valence-corrected chi connectivity index (χ1v) is 8.97. The Morgan fingerprint density at radius 2 is 2.00 bits per heavy atom. The molecule has 0 amide bonds. The number of methoxy groups -OCH3 is 1. The van der Waals surface area contributed by atoms with Crippen LogP contribution in [0.4, 0.5) is 0 Å². The zero-order valence-corrected chi connectivity index (χ0v) is 15.5. The quantitative estimate of drug-likeness (QED) is 0.620. The van der Waals surface area contributed by atoms with Crippen LogP contribution in [0.3, 0.4) is 0 Å². The Hall–Kier alpha value is -1.75. The van der Waals surface area contributed by atoms with Crippen molar-refractivity contribution < 1.29 is 4.74 Å². The number of nitrogens with zero attached hydrogens (tertiary/aromatic N) is 2. The van der Waals surface area contributed by atoms with Crippen LogP contribution >= 0.6 is 0 Å². The highest BCUT2D eigenvalue weighted by Crippen LogP contribution is 2.17. The fourth-order valence-electron chi connectivity index (χ4n) is 3.17. The molecule has 0 bridgehead atoms. The maximum Gasteiger partial charge on any atom is 0.191 e. The summed E-state index contributed by atoms with van der Waals surface area (Å²) in [4.78, 5) is 6.90. The number of likely N-dealkylation sites (tertiary alicyclic amines) is 1. The molecule has 1 fully saturated rings. The summed E-state index contributed by atoms with van der Waals surface area (Å²) in [6.07, 6.45) is 3.26. The maximum atomic E-state index is 5.40. The van der Waals surface area contributed by atoms with Crippen molar-refractivity contribution in [3.05, 3.63) is 29.8 Å². The summed E-state index contributed by atoms with van der Waals surface area (Å²) in [6.45, 7) is 7.70. The SMILES string of the molecule is CN=C(NCCc1ccccc1OC)NC1CCN(C(C)C)CC1. The van der Waals surface area contributed by atoms with Gasteiger partial charge in [-0.2, -0.15) is 0 Å². The third-order valence-electron chi connectivity index (χ3n) is 4.70. The molecule has 2 N–H and O–H groups in total. The smallest absolute Gasteiger partial charge is 0.191 e. The van der Waals surface area contributed by atoms with Gasteiger partial charge in [0.25, 0.3) is 0 Å². The second-order valence-electron chi connectivity index (χ2n) is 6.61. The molecule has 5 nitrogen and oxygen atoms in total. The Morgan fingerprint density at radius 1 is 1.29 bits per heavy atom. The number of aliphatic imine (C=N–C) groups is 1. The van der Waals surface area contributed by atoms with Crippen LogP contribution in [-0.2, 0) is 6.42 Å². The van der Waals surface area contributed by atoms with Gasteiger partial charge in [0.2, 0.25) is 0 Å². The molecule has 134 valence electrons. The Bertz CT molecular complexity index is 522. The lowest BCUT2D eigenvalue weighted by Gasteiger charge is -2.35. The van der Waals surface area contributed by atoms with Gasteiger partial charge in [0.15, 0.2) is 5.96 Å². The van der Waals surface area contributed by atoms with E-state index in [0.29, 0.717) is 12.1 Å². The average Bonchev–Trinajstić information content (AvgIpc) is 2.61. The van der Waals surface area contributed by atoms with Crippen molar-refractivity contribution in [2.24, 2.45) is 4.99 Å². The third-order valence-corrected chi connectivity index (χ3v) is 4.70. The summed E-state index contributed by atoms with van der Waals surface area (Å²) in [7, 11) is 3.55. The summed E-state index contributed by atoms with van der Waals surface area (Å²) in [5, 5.41) is 6.98. The molecule has 0 spiro atoms. The number of hydrogen-bond donors (Lipinski definition) is 2. The van der Waals surface area contributed by atoms with Crippen molar-refractivity contribution in [2.45, 2.75) is 45.2 Å². The zero-order valence-electron chi connectivity index (χ0n) is 15.5. The molecule has 0 atom stereocenters. The first-order chi connectivity index (χ1) is 11.6. The van der Waals surface area contributed by atoms with E-state index in [1.165, 1.54) is 18.4 Å². The lowest BCUT2D eigenvalue weighted by atomic mass is 10.0. The van der Waals surface area contributed by atoms with E-state index in [1.807, 2.05) is 25.2 Å². The second kappa shape index (κ2) is 9.52. The van der Waals surface area contributed by atoms with Crippen molar-refractivity contribution in [2.75, 3.05) is 33.8 Å². The molecule has 0 radical (unpaired) electrons. The molecule has 5 heteroatoms. The van der Waals surface area contributed by atoms with Gasteiger partial charge >= 0.3 is 0 Å². The fourth-order valence-corrected chi connectivity index (χ4v) is 3.17. The van der Waals surface area contributed by atoms with Crippen LogP contribution in [0, 0.1) is 0 Å². The largest absolute Gasteiger partial charge is 0.496 e. The van der Waals surface area contributed by atoms with E-state index in [2.05, 4.69) is 40.4 Å². The molecular weight excluding hydrogens is 300 g/mol. The number of nitrogens with one attached hydrogen (secondary N) is 2.